The fourth-order valence-electron chi connectivity index (χ4n) is 1.73. The molecule has 0 unspecified atom stereocenters. The van der Waals surface area contributed by atoms with E-state index in [2.05, 4.69) is 0 Å². The smallest absolute Gasteiger partial charge is 0.160 e. The average Bonchev–Trinajstić information content (AvgIpc) is 2.35. The molecular weight excluding hydrogens is 216 g/mol. The highest BCUT2D eigenvalue weighted by molar-refractivity contribution is 5.41. The molecule has 3 heteroatoms. The molecule has 0 atom stereocenters. The van der Waals surface area contributed by atoms with Crippen molar-refractivity contribution >= 4 is 0 Å². The highest BCUT2D eigenvalue weighted by atomic mass is 16.5. The molecule has 1 N–H and O–H groups in total. The molecule has 0 aliphatic rings. The zero-order chi connectivity index (χ0) is 12.5. The molecule has 0 saturated carbocycles. The van der Waals surface area contributed by atoms with Crippen LogP contribution in [0.3, 0.4) is 0 Å². The van der Waals surface area contributed by atoms with Crippen molar-refractivity contribution in [3.63, 3.8) is 0 Å². The van der Waals surface area contributed by atoms with Crippen LogP contribution in [0.25, 0.3) is 0 Å². The summed E-state index contributed by atoms with van der Waals surface area (Å²) in [5.41, 5.74) is 1.20. The summed E-state index contributed by atoms with van der Waals surface area (Å²) in [5, 5.41) is 9.46. The third kappa shape index (κ3) is 5.09. The maximum Gasteiger partial charge on any atom is 0.160 e. The van der Waals surface area contributed by atoms with Crippen LogP contribution < -0.4 is 4.74 Å². The van der Waals surface area contributed by atoms with Crippen molar-refractivity contribution in [2.75, 3.05) is 20.3 Å². The van der Waals surface area contributed by atoms with Crippen molar-refractivity contribution in [3.8, 4) is 11.5 Å². The summed E-state index contributed by atoms with van der Waals surface area (Å²) in [6.45, 7) is 3.67. The summed E-state index contributed by atoms with van der Waals surface area (Å²) in [7, 11) is 1.57. The van der Waals surface area contributed by atoms with Gasteiger partial charge in [0.05, 0.1) is 7.11 Å². The molecule has 0 radical (unpaired) electrons. The molecule has 0 heterocycles. The van der Waals surface area contributed by atoms with Crippen molar-refractivity contribution in [3.05, 3.63) is 23.8 Å². The maximum absolute atomic E-state index is 9.46. The number of hydrogen-bond donors (Lipinski definition) is 1. The Morgan fingerprint density at radius 3 is 2.71 bits per heavy atom. The van der Waals surface area contributed by atoms with Gasteiger partial charge in [-0.05, 0) is 43.9 Å². The third-order valence-electron chi connectivity index (χ3n) is 2.70. The quantitative estimate of drug-likeness (QED) is 0.707. The lowest BCUT2D eigenvalue weighted by Gasteiger charge is -2.06. The monoisotopic (exact) mass is 238 g/mol. The Hall–Kier alpha value is -1.22. The van der Waals surface area contributed by atoms with Crippen molar-refractivity contribution in [2.24, 2.45) is 0 Å². The molecule has 3 nitrogen and oxygen atoms in total. The van der Waals surface area contributed by atoms with Crippen molar-refractivity contribution < 1.29 is 14.6 Å². The summed E-state index contributed by atoms with van der Waals surface area (Å²) < 4.78 is 10.4. The van der Waals surface area contributed by atoms with Crippen LogP contribution in [-0.2, 0) is 11.2 Å². The Morgan fingerprint density at radius 1 is 1.18 bits per heavy atom. The molecule has 0 aliphatic carbocycles. The zero-order valence-electron chi connectivity index (χ0n) is 10.7. The van der Waals surface area contributed by atoms with E-state index in [9.17, 15) is 5.11 Å². The van der Waals surface area contributed by atoms with Crippen LogP contribution in [-0.4, -0.2) is 25.4 Å². The molecule has 1 aromatic carbocycles. The number of ether oxygens (including phenoxy) is 2. The first-order valence-corrected chi connectivity index (χ1v) is 6.21. The van der Waals surface area contributed by atoms with Gasteiger partial charge in [-0.1, -0.05) is 12.5 Å². The first-order chi connectivity index (χ1) is 8.27. The molecule has 0 bridgehead atoms. The summed E-state index contributed by atoms with van der Waals surface area (Å²) in [6, 6.07) is 5.53. The Balaban J connectivity index is 2.27. The van der Waals surface area contributed by atoms with Crippen LogP contribution in [0.5, 0.6) is 11.5 Å². The molecule has 1 rings (SSSR count). The number of hydrogen-bond acceptors (Lipinski definition) is 3. The third-order valence-corrected chi connectivity index (χ3v) is 2.70. The number of phenolic OH excluding ortho intramolecular Hbond substituents is 1. The molecule has 0 spiro atoms. The molecule has 0 aliphatic heterocycles. The summed E-state index contributed by atoms with van der Waals surface area (Å²) in [5.74, 6) is 0.754. The highest BCUT2D eigenvalue weighted by Gasteiger charge is 2.02. The molecule has 96 valence electrons. The van der Waals surface area contributed by atoms with Crippen LogP contribution in [0, 0.1) is 0 Å². The van der Waals surface area contributed by atoms with Gasteiger partial charge in [0.25, 0.3) is 0 Å². The fraction of sp³-hybridized carbons (Fsp3) is 0.571. The Bertz CT molecular complexity index is 323. The first kappa shape index (κ1) is 13.8. The summed E-state index contributed by atoms with van der Waals surface area (Å²) in [6.07, 6.45) is 4.44. The molecule has 0 fully saturated rings. The Morgan fingerprint density at radius 2 is 2.00 bits per heavy atom. The van der Waals surface area contributed by atoms with Crippen LogP contribution >= 0.6 is 0 Å². The fourth-order valence-corrected chi connectivity index (χ4v) is 1.73. The van der Waals surface area contributed by atoms with Gasteiger partial charge in [-0.2, -0.15) is 0 Å². The second-order valence-electron chi connectivity index (χ2n) is 4.01. The predicted molar refractivity (Wildman–Crippen MR) is 68.7 cm³/mol. The topological polar surface area (TPSA) is 38.7 Å². The molecule has 0 aromatic heterocycles. The zero-order valence-corrected chi connectivity index (χ0v) is 10.7. The van der Waals surface area contributed by atoms with Crippen molar-refractivity contribution in [1.29, 1.82) is 0 Å². The van der Waals surface area contributed by atoms with E-state index in [0.29, 0.717) is 5.75 Å². The van der Waals surface area contributed by atoms with Gasteiger partial charge in [0.1, 0.15) is 0 Å². The van der Waals surface area contributed by atoms with E-state index in [4.69, 9.17) is 9.47 Å². The number of benzene rings is 1. The summed E-state index contributed by atoms with van der Waals surface area (Å²) in [4.78, 5) is 0. The lowest BCUT2D eigenvalue weighted by Crippen LogP contribution is -1.94. The van der Waals surface area contributed by atoms with E-state index < -0.39 is 0 Å². The van der Waals surface area contributed by atoms with Crippen LogP contribution in [0.1, 0.15) is 31.7 Å². The Labute approximate surface area is 103 Å². The number of rotatable bonds is 8. The van der Waals surface area contributed by atoms with Gasteiger partial charge in [0, 0.05) is 13.2 Å². The maximum atomic E-state index is 9.46. The van der Waals surface area contributed by atoms with Gasteiger partial charge in [-0.25, -0.2) is 0 Å². The van der Waals surface area contributed by atoms with E-state index in [-0.39, 0.29) is 5.75 Å². The van der Waals surface area contributed by atoms with E-state index in [0.717, 1.165) is 32.5 Å². The van der Waals surface area contributed by atoms with Crippen LogP contribution in [0.2, 0.25) is 0 Å². The van der Waals surface area contributed by atoms with Crippen LogP contribution in [0.15, 0.2) is 18.2 Å². The molecule has 17 heavy (non-hydrogen) atoms. The van der Waals surface area contributed by atoms with Gasteiger partial charge in [-0.15, -0.1) is 0 Å². The highest BCUT2D eigenvalue weighted by Crippen LogP contribution is 2.26. The van der Waals surface area contributed by atoms with Gasteiger partial charge >= 0.3 is 0 Å². The number of unbranched alkanes of at least 4 members (excludes halogenated alkanes) is 2. The molecule has 0 amide bonds. The van der Waals surface area contributed by atoms with E-state index in [1.54, 1.807) is 13.2 Å². The number of aromatic hydroxyl groups is 1. The second kappa shape index (κ2) is 7.96. The van der Waals surface area contributed by atoms with Gasteiger partial charge in [-0.3, -0.25) is 0 Å². The molecule has 1 aromatic rings. The minimum absolute atomic E-state index is 0.201. The van der Waals surface area contributed by atoms with Crippen LogP contribution in [0.4, 0.5) is 0 Å². The predicted octanol–water partition coefficient (Wildman–Crippen LogP) is 3.15. The van der Waals surface area contributed by atoms with E-state index >= 15 is 0 Å². The van der Waals surface area contributed by atoms with E-state index in [1.165, 1.54) is 12.0 Å². The first-order valence-electron chi connectivity index (χ1n) is 6.21. The standard InChI is InChI=1S/C14H22O3/c1-3-17-10-6-4-5-7-12-8-9-13(15)14(11-12)16-2/h8-9,11,15H,3-7,10H2,1-2H3. The largest absolute Gasteiger partial charge is 0.504 e. The number of methoxy groups -OCH3 is 1. The normalized spacial score (nSPS) is 10.5. The lowest BCUT2D eigenvalue weighted by atomic mass is 10.1. The van der Waals surface area contributed by atoms with Crippen molar-refractivity contribution in [2.45, 2.75) is 32.6 Å². The minimum atomic E-state index is 0.201. The number of aryl methyl sites for hydroxylation is 1. The van der Waals surface area contributed by atoms with Gasteiger partial charge in [0.2, 0.25) is 0 Å². The minimum Gasteiger partial charge on any atom is -0.504 e. The second-order valence-corrected chi connectivity index (χ2v) is 4.01. The average molecular weight is 238 g/mol. The van der Waals surface area contributed by atoms with Gasteiger partial charge in [0.15, 0.2) is 11.5 Å². The lowest BCUT2D eigenvalue weighted by molar-refractivity contribution is 0.143. The Kier molecular flexibility index (Phi) is 6.48. The molecular formula is C14H22O3. The number of phenols is 1. The summed E-state index contributed by atoms with van der Waals surface area (Å²) >= 11 is 0. The van der Waals surface area contributed by atoms with E-state index in [1.807, 2.05) is 19.1 Å². The van der Waals surface area contributed by atoms with Crippen molar-refractivity contribution in [1.82, 2.24) is 0 Å². The SMILES string of the molecule is CCOCCCCCc1ccc(O)c(OC)c1. The molecule has 0 saturated heterocycles. The van der Waals surface area contributed by atoms with Gasteiger partial charge < -0.3 is 14.6 Å².